The first-order chi connectivity index (χ1) is 9.79. The van der Waals surface area contributed by atoms with Crippen molar-refractivity contribution in [3.8, 4) is 0 Å². The summed E-state index contributed by atoms with van der Waals surface area (Å²) in [4.78, 5) is -0.557. The fraction of sp³-hybridized carbons (Fsp3) is 0.250. The zero-order valence-electron chi connectivity index (χ0n) is 11.2. The third-order valence-corrected chi connectivity index (χ3v) is 4.51. The van der Waals surface area contributed by atoms with Gasteiger partial charge < -0.3 is 5.73 Å². The zero-order chi connectivity index (χ0) is 15.6. The maximum atomic E-state index is 13.8. The zero-order valence-corrected chi connectivity index (χ0v) is 12.7. The Bertz CT molecular complexity index is 761. The summed E-state index contributed by atoms with van der Waals surface area (Å²) >= 11 is 5.60. The van der Waals surface area contributed by atoms with Gasteiger partial charge in [-0.1, -0.05) is 11.6 Å². The number of nitrogens with two attached hydrogens (primary N) is 1. The molecule has 0 spiro atoms. The molecular formula is C12H14ClFN4O2S. The Morgan fingerprint density at radius 1 is 1.48 bits per heavy atom. The van der Waals surface area contributed by atoms with E-state index in [1.165, 1.54) is 0 Å². The number of anilines is 1. The number of sulfonamides is 1. The first-order valence-electron chi connectivity index (χ1n) is 6.01. The van der Waals surface area contributed by atoms with Crippen LogP contribution in [0.1, 0.15) is 5.56 Å². The Morgan fingerprint density at radius 2 is 2.19 bits per heavy atom. The molecule has 1 aromatic carbocycles. The molecule has 0 aliphatic carbocycles. The van der Waals surface area contributed by atoms with Crippen LogP contribution in [0.2, 0.25) is 5.02 Å². The predicted molar refractivity (Wildman–Crippen MR) is 77.9 cm³/mol. The van der Waals surface area contributed by atoms with E-state index in [-0.39, 0.29) is 17.3 Å². The highest BCUT2D eigenvalue weighted by atomic mass is 35.5. The van der Waals surface area contributed by atoms with Gasteiger partial charge in [0.05, 0.1) is 11.2 Å². The van der Waals surface area contributed by atoms with Crippen molar-refractivity contribution < 1.29 is 12.8 Å². The maximum absolute atomic E-state index is 13.8. The average Bonchev–Trinajstić information content (AvgIpc) is 2.79. The van der Waals surface area contributed by atoms with Crippen molar-refractivity contribution in [2.24, 2.45) is 7.05 Å². The number of nitrogens with zero attached hydrogens (tertiary/aromatic N) is 2. The lowest BCUT2D eigenvalue weighted by atomic mass is 10.3. The van der Waals surface area contributed by atoms with Crippen LogP contribution in [-0.4, -0.2) is 24.7 Å². The molecule has 0 bridgehead atoms. The van der Waals surface area contributed by atoms with Crippen LogP contribution in [0.15, 0.2) is 29.4 Å². The molecule has 0 radical (unpaired) electrons. The number of hydrogen-bond donors (Lipinski definition) is 2. The summed E-state index contributed by atoms with van der Waals surface area (Å²) in [7, 11) is -2.25. The second-order valence-electron chi connectivity index (χ2n) is 4.48. The molecule has 2 rings (SSSR count). The Morgan fingerprint density at radius 3 is 2.81 bits per heavy atom. The normalized spacial score (nSPS) is 11.8. The smallest absolute Gasteiger partial charge is 0.243 e. The maximum Gasteiger partial charge on any atom is 0.243 e. The topological polar surface area (TPSA) is 90.0 Å². The van der Waals surface area contributed by atoms with E-state index in [0.29, 0.717) is 6.42 Å². The molecule has 2 aromatic rings. The van der Waals surface area contributed by atoms with E-state index < -0.39 is 20.7 Å². The molecule has 1 aromatic heterocycles. The van der Waals surface area contributed by atoms with Gasteiger partial charge in [0, 0.05) is 25.5 Å². The molecule has 0 fully saturated rings. The number of aromatic nitrogens is 2. The third-order valence-electron chi connectivity index (χ3n) is 2.77. The van der Waals surface area contributed by atoms with E-state index in [4.69, 9.17) is 17.3 Å². The molecule has 21 heavy (non-hydrogen) atoms. The highest BCUT2D eigenvalue weighted by Crippen LogP contribution is 2.25. The number of hydrogen-bond acceptors (Lipinski definition) is 4. The molecule has 9 heteroatoms. The van der Waals surface area contributed by atoms with Crippen molar-refractivity contribution in [2.75, 3.05) is 12.3 Å². The van der Waals surface area contributed by atoms with E-state index in [1.54, 1.807) is 24.1 Å². The lowest BCUT2D eigenvalue weighted by Gasteiger charge is -2.09. The van der Waals surface area contributed by atoms with Crippen molar-refractivity contribution in [1.82, 2.24) is 14.5 Å². The number of nitrogens with one attached hydrogen (secondary N) is 1. The van der Waals surface area contributed by atoms with Crippen LogP contribution in [0, 0.1) is 5.82 Å². The van der Waals surface area contributed by atoms with E-state index in [1.807, 2.05) is 0 Å². The molecule has 0 saturated carbocycles. The van der Waals surface area contributed by atoms with Gasteiger partial charge in [0.25, 0.3) is 0 Å². The highest BCUT2D eigenvalue weighted by molar-refractivity contribution is 7.89. The molecule has 1 heterocycles. The Hall–Kier alpha value is -1.64. The minimum atomic E-state index is -4.02. The first kappa shape index (κ1) is 15.7. The Labute approximate surface area is 126 Å². The van der Waals surface area contributed by atoms with Crippen LogP contribution < -0.4 is 10.5 Å². The third kappa shape index (κ3) is 3.72. The van der Waals surface area contributed by atoms with E-state index in [0.717, 1.165) is 17.7 Å². The number of halogens is 2. The van der Waals surface area contributed by atoms with Crippen LogP contribution in [-0.2, 0) is 23.5 Å². The van der Waals surface area contributed by atoms with E-state index in [2.05, 4.69) is 9.82 Å². The molecular weight excluding hydrogens is 319 g/mol. The SMILES string of the molecule is Cn1cc(CCNS(=O)(=O)c2cc(N)cc(Cl)c2F)cn1. The van der Waals surface area contributed by atoms with Gasteiger partial charge >= 0.3 is 0 Å². The molecule has 0 saturated heterocycles. The van der Waals surface area contributed by atoms with Gasteiger partial charge in [-0.15, -0.1) is 0 Å². The van der Waals surface area contributed by atoms with Gasteiger partial charge in [-0.2, -0.15) is 5.10 Å². The highest BCUT2D eigenvalue weighted by Gasteiger charge is 2.21. The van der Waals surface area contributed by atoms with Gasteiger partial charge in [-0.3, -0.25) is 4.68 Å². The number of aryl methyl sites for hydroxylation is 1. The monoisotopic (exact) mass is 332 g/mol. The van der Waals surface area contributed by atoms with Crippen LogP contribution in [0.4, 0.5) is 10.1 Å². The molecule has 0 unspecified atom stereocenters. The first-order valence-corrected chi connectivity index (χ1v) is 7.87. The fourth-order valence-corrected chi connectivity index (χ4v) is 3.24. The second-order valence-corrected chi connectivity index (χ2v) is 6.63. The number of rotatable bonds is 5. The van der Waals surface area contributed by atoms with Crippen LogP contribution in [0.5, 0.6) is 0 Å². The fourth-order valence-electron chi connectivity index (χ4n) is 1.79. The summed E-state index contributed by atoms with van der Waals surface area (Å²) in [5.41, 5.74) is 6.44. The summed E-state index contributed by atoms with van der Waals surface area (Å²) in [6, 6.07) is 2.19. The lowest BCUT2D eigenvalue weighted by Crippen LogP contribution is -2.27. The molecule has 0 atom stereocenters. The summed E-state index contributed by atoms with van der Waals surface area (Å²) in [6.45, 7) is 0.111. The molecule has 6 nitrogen and oxygen atoms in total. The van der Waals surface area contributed by atoms with Gasteiger partial charge in [0.15, 0.2) is 5.82 Å². The Kier molecular flexibility index (Phi) is 4.50. The predicted octanol–water partition coefficient (Wildman–Crippen LogP) is 1.32. The summed E-state index contributed by atoms with van der Waals surface area (Å²) in [6.07, 6.45) is 3.84. The minimum Gasteiger partial charge on any atom is -0.399 e. The van der Waals surface area contributed by atoms with Gasteiger partial charge in [0.1, 0.15) is 4.90 Å². The largest absolute Gasteiger partial charge is 0.399 e. The van der Waals surface area contributed by atoms with Crippen molar-refractivity contribution in [3.63, 3.8) is 0 Å². The van der Waals surface area contributed by atoms with Crippen molar-refractivity contribution in [3.05, 3.63) is 40.9 Å². The summed E-state index contributed by atoms with van der Waals surface area (Å²) in [5, 5.41) is 3.64. The standard InChI is InChI=1S/C12H14ClFN4O2S/c1-18-7-8(6-16-18)2-3-17-21(19,20)11-5-9(15)4-10(13)12(11)14/h4-7,17H,2-3,15H2,1H3. The lowest BCUT2D eigenvalue weighted by molar-refractivity contribution is 0.557. The van der Waals surface area contributed by atoms with Gasteiger partial charge in [-0.25, -0.2) is 17.5 Å². The van der Waals surface area contributed by atoms with Crippen molar-refractivity contribution in [1.29, 1.82) is 0 Å². The molecule has 0 amide bonds. The number of benzene rings is 1. The van der Waals surface area contributed by atoms with Gasteiger partial charge in [0.2, 0.25) is 10.0 Å². The van der Waals surface area contributed by atoms with E-state index in [9.17, 15) is 12.8 Å². The second kappa shape index (κ2) is 6.00. The van der Waals surface area contributed by atoms with Crippen molar-refractivity contribution >= 4 is 27.3 Å². The molecule has 0 aliphatic rings. The summed E-state index contributed by atoms with van der Waals surface area (Å²) in [5.74, 6) is -1.01. The molecule has 0 aliphatic heterocycles. The van der Waals surface area contributed by atoms with Gasteiger partial charge in [-0.05, 0) is 24.1 Å². The van der Waals surface area contributed by atoms with E-state index >= 15 is 0 Å². The Balaban J connectivity index is 2.12. The van der Waals surface area contributed by atoms with Crippen LogP contribution in [0.25, 0.3) is 0 Å². The molecule has 114 valence electrons. The average molecular weight is 333 g/mol. The number of nitrogen functional groups attached to an aromatic ring is 1. The van der Waals surface area contributed by atoms with Crippen LogP contribution in [0.3, 0.4) is 0 Å². The van der Waals surface area contributed by atoms with Crippen molar-refractivity contribution in [2.45, 2.75) is 11.3 Å². The minimum absolute atomic E-state index is 0.0778. The van der Waals surface area contributed by atoms with Crippen LogP contribution >= 0.6 is 11.6 Å². The quantitative estimate of drug-likeness (QED) is 0.808. The molecule has 3 N–H and O–H groups in total. The summed E-state index contributed by atoms with van der Waals surface area (Å²) < 4.78 is 41.9.